The fourth-order valence-corrected chi connectivity index (χ4v) is 5.20. The molecule has 0 bridgehead atoms. The van der Waals surface area contributed by atoms with E-state index in [1.54, 1.807) is 0 Å². The molecule has 41 heavy (non-hydrogen) atoms. The highest BCUT2D eigenvalue weighted by Gasteiger charge is 2.36. The largest absolute Gasteiger partial charge is 0.480 e. The number of carboxylic acids is 1. The van der Waals surface area contributed by atoms with Crippen molar-refractivity contribution in [3.63, 3.8) is 0 Å². The molecule has 1 aliphatic heterocycles. The quantitative estimate of drug-likeness (QED) is 0.248. The Balaban J connectivity index is 1.58. The van der Waals surface area contributed by atoms with Crippen LogP contribution in [0.2, 0.25) is 5.02 Å². The van der Waals surface area contributed by atoms with Crippen LogP contribution in [0.4, 0.5) is 14.6 Å². The van der Waals surface area contributed by atoms with E-state index in [1.165, 1.54) is 26.5 Å². The number of fused-ring (bicyclic) bond motifs is 1. The lowest BCUT2D eigenvalue weighted by molar-refractivity contribution is -0.143. The van der Waals surface area contributed by atoms with Gasteiger partial charge in [0.05, 0.1) is 28.4 Å². The number of halogens is 3. The van der Waals surface area contributed by atoms with Crippen molar-refractivity contribution in [2.45, 2.75) is 69.9 Å². The predicted octanol–water partition coefficient (Wildman–Crippen LogP) is 4.17. The van der Waals surface area contributed by atoms with E-state index in [9.17, 15) is 23.5 Å². The Kier molecular flexibility index (Phi) is 12.2. The number of hydrogen-bond acceptors (Lipinski definition) is 7. The summed E-state index contributed by atoms with van der Waals surface area (Å²) >= 11 is 6.11. The monoisotopic (exact) mass is 595 g/mol. The first-order valence-corrected chi connectivity index (χ1v) is 14.3. The maximum absolute atomic E-state index is 13.5. The highest BCUT2D eigenvalue weighted by Crippen LogP contribution is 2.29. The van der Waals surface area contributed by atoms with Crippen LogP contribution < -0.4 is 10.6 Å². The lowest BCUT2D eigenvalue weighted by atomic mass is 9.87. The van der Waals surface area contributed by atoms with Crippen LogP contribution in [-0.4, -0.2) is 84.0 Å². The summed E-state index contributed by atoms with van der Waals surface area (Å²) in [7, 11) is 1.44. The van der Waals surface area contributed by atoms with Crippen LogP contribution in [-0.2, 0) is 32.6 Å². The first-order chi connectivity index (χ1) is 19.5. The van der Waals surface area contributed by atoms with Crippen LogP contribution >= 0.6 is 11.6 Å². The topological polar surface area (TPSA) is 117 Å². The highest BCUT2D eigenvalue weighted by atomic mass is 35.5. The number of anilines is 1. The molecule has 1 aliphatic rings. The van der Waals surface area contributed by atoms with Gasteiger partial charge in [-0.25, -0.2) is 18.6 Å². The molecule has 2 aromatic rings. The lowest BCUT2D eigenvalue weighted by Crippen LogP contribution is -2.50. The smallest absolute Gasteiger partial charge is 0.326 e. The third-order valence-electron chi connectivity index (χ3n) is 7.38. The Hall–Kier alpha value is -2.89. The first-order valence-electron chi connectivity index (χ1n) is 13.9. The zero-order valence-electron chi connectivity index (χ0n) is 23.9. The number of aliphatic carboxylic acids is 1. The Morgan fingerprint density at radius 2 is 2.07 bits per heavy atom. The van der Waals surface area contributed by atoms with Gasteiger partial charge in [0.25, 0.3) is 0 Å². The molecule has 0 aromatic carbocycles. The van der Waals surface area contributed by atoms with Gasteiger partial charge in [-0.2, -0.15) is 0 Å². The number of pyridine rings is 2. The summed E-state index contributed by atoms with van der Waals surface area (Å²) in [5.74, 6) is -1.49. The van der Waals surface area contributed by atoms with Crippen molar-refractivity contribution in [3.05, 3.63) is 52.2 Å². The molecule has 226 valence electrons. The Morgan fingerprint density at radius 3 is 2.76 bits per heavy atom. The van der Waals surface area contributed by atoms with Gasteiger partial charge in [0.2, 0.25) is 5.91 Å². The molecule has 0 saturated heterocycles. The number of aromatic nitrogens is 2. The van der Waals surface area contributed by atoms with E-state index in [0.29, 0.717) is 13.1 Å². The first kappa shape index (κ1) is 32.6. The predicted molar refractivity (Wildman–Crippen MR) is 154 cm³/mol. The van der Waals surface area contributed by atoms with E-state index in [-0.39, 0.29) is 23.7 Å². The normalized spacial score (nSPS) is 14.7. The summed E-state index contributed by atoms with van der Waals surface area (Å²) in [6, 6.07) is 4.04. The second-order valence-corrected chi connectivity index (χ2v) is 11.3. The number of aryl methyl sites for hydroxylation is 2. The number of unbranched alkanes of at least 4 members (excludes halogenated alkanes) is 1. The van der Waals surface area contributed by atoms with Crippen LogP contribution in [0.25, 0.3) is 0 Å². The molecule has 1 amide bonds. The maximum atomic E-state index is 13.5. The molecule has 3 N–H and O–H groups in total. The molecule has 0 fully saturated rings. The van der Waals surface area contributed by atoms with Crippen molar-refractivity contribution in [2.24, 2.45) is 0 Å². The summed E-state index contributed by atoms with van der Waals surface area (Å²) < 4.78 is 32.1. The molecule has 2 aromatic heterocycles. The zero-order chi connectivity index (χ0) is 30.0. The zero-order valence-corrected chi connectivity index (χ0v) is 24.6. The molecule has 0 unspecified atom stereocenters. The molecule has 9 nitrogen and oxygen atoms in total. The van der Waals surface area contributed by atoms with Crippen molar-refractivity contribution in [1.29, 1.82) is 0 Å². The van der Waals surface area contributed by atoms with E-state index in [4.69, 9.17) is 21.3 Å². The number of hydrogen-bond donors (Lipinski definition) is 3. The maximum Gasteiger partial charge on any atom is 0.326 e. The fourth-order valence-electron chi connectivity index (χ4n) is 4.81. The van der Waals surface area contributed by atoms with Gasteiger partial charge in [-0.05, 0) is 76.6 Å². The minimum Gasteiger partial charge on any atom is -0.480 e. The van der Waals surface area contributed by atoms with Crippen molar-refractivity contribution >= 4 is 29.3 Å². The van der Waals surface area contributed by atoms with Crippen molar-refractivity contribution < 1.29 is 28.2 Å². The van der Waals surface area contributed by atoms with E-state index >= 15 is 0 Å². The standard InChI is InChI=1S/C29H40ClF2N5O4/c1-29(2,25-23(30)15-20(32)17-34-25)28(40)36-24(27(38)39)11-14-37(18-22(16-31)41-3)13-5-4-8-21-10-9-19-7-6-12-33-26(19)35-21/h9-10,15,17,22,24H,4-8,11-14,16,18H2,1-3H3,(H,33,35)(H,36,40)(H,38,39)/t22-,24+/m1/s1. The molecule has 12 heteroatoms. The number of ether oxygens (including phenoxy) is 1. The summed E-state index contributed by atoms with van der Waals surface area (Å²) in [5.41, 5.74) is 1.07. The minimum absolute atomic E-state index is 0.0260. The van der Waals surface area contributed by atoms with Crippen LogP contribution in [0.15, 0.2) is 24.4 Å². The molecule has 3 heterocycles. The van der Waals surface area contributed by atoms with Crippen molar-refractivity contribution in [3.8, 4) is 0 Å². The average molecular weight is 596 g/mol. The van der Waals surface area contributed by atoms with Gasteiger partial charge in [0.1, 0.15) is 24.4 Å². The van der Waals surface area contributed by atoms with Gasteiger partial charge in [0.15, 0.2) is 0 Å². The molecule has 2 atom stereocenters. The third kappa shape index (κ3) is 9.31. The van der Waals surface area contributed by atoms with Gasteiger partial charge < -0.3 is 25.4 Å². The van der Waals surface area contributed by atoms with E-state index in [1.807, 2.05) is 4.90 Å². The van der Waals surface area contributed by atoms with E-state index in [0.717, 1.165) is 62.4 Å². The Morgan fingerprint density at radius 1 is 1.29 bits per heavy atom. The number of alkyl halides is 1. The number of carbonyl (C=O) groups excluding carboxylic acids is 1. The molecule has 0 aliphatic carbocycles. The van der Waals surface area contributed by atoms with Crippen molar-refractivity contribution in [1.82, 2.24) is 20.2 Å². The summed E-state index contributed by atoms with van der Waals surface area (Å²) in [5, 5.41) is 15.7. The number of rotatable bonds is 16. The van der Waals surface area contributed by atoms with Gasteiger partial charge in [-0.1, -0.05) is 17.7 Å². The Bertz CT molecular complexity index is 1180. The van der Waals surface area contributed by atoms with Gasteiger partial charge in [0, 0.05) is 32.4 Å². The van der Waals surface area contributed by atoms with Crippen LogP contribution in [0, 0.1) is 5.82 Å². The summed E-state index contributed by atoms with van der Waals surface area (Å²) in [4.78, 5) is 35.8. The molecule has 0 saturated carbocycles. The van der Waals surface area contributed by atoms with Crippen LogP contribution in [0.5, 0.6) is 0 Å². The van der Waals surface area contributed by atoms with E-state index in [2.05, 4.69) is 27.8 Å². The third-order valence-corrected chi connectivity index (χ3v) is 7.67. The van der Waals surface area contributed by atoms with Crippen LogP contribution in [0.3, 0.4) is 0 Å². The molecule has 0 radical (unpaired) electrons. The van der Waals surface area contributed by atoms with Crippen molar-refractivity contribution in [2.75, 3.05) is 45.3 Å². The van der Waals surface area contributed by atoms with Gasteiger partial charge >= 0.3 is 5.97 Å². The molecular weight excluding hydrogens is 556 g/mol. The summed E-state index contributed by atoms with van der Waals surface area (Å²) in [6.45, 7) is 4.53. The molecule has 0 spiro atoms. The fraction of sp³-hybridized carbons (Fsp3) is 0.586. The number of methoxy groups -OCH3 is 1. The van der Waals surface area contributed by atoms with Gasteiger partial charge in [-0.3, -0.25) is 9.78 Å². The minimum atomic E-state index is -1.31. The van der Waals surface area contributed by atoms with E-state index < -0.39 is 41.9 Å². The highest BCUT2D eigenvalue weighted by molar-refractivity contribution is 6.31. The second-order valence-electron chi connectivity index (χ2n) is 10.9. The Labute approximate surface area is 245 Å². The average Bonchev–Trinajstić information content (AvgIpc) is 2.94. The number of amides is 1. The number of nitrogens with zero attached hydrogens (tertiary/aromatic N) is 3. The SMILES string of the molecule is CO[C@H](CF)CN(CCCCc1ccc2c(n1)NCCC2)CC[C@H](NC(=O)C(C)(C)c1ncc(F)cc1Cl)C(=O)O. The number of carbonyl (C=O) groups is 2. The second kappa shape index (κ2) is 15.4. The summed E-state index contributed by atoms with van der Waals surface area (Å²) in [6.07, 6.45) is 4.98. The lowest BCUT2D eigenvalue weighted by Gasteiger charge is -2.29. The van der Waals surface area contributed by atoms with Crippen LogP contribution in [0.1, 0.15) is 56.5 Å². The molecule has 3 rings (SSSR count). The number of carboxylic acid groups (broad SMARTS) is 1. The van der Waals surface area contributed by atoms with Gasteiger partial charge in [-0.15, -0.1) is 0 Å². The molecular formula is C29H40ClF2N5O4. The number of nitrogens with one attached hydrogen (secondary N) is 2.